The molecule has 23 heavy (non-hydrogen) atoms. The zero-order valence-corrected chi connectivity index (χ0v) is 13.6. The minimum atomic E-state index is 0.0676. The van der Waals surface area contributed by atoms with E-state index in [9.17, 15) is 4.79 Å². The molecule has 120 valence electrons. The Hall–Kier alpha value is -2.40. The van der Waals surface area contributed by atoms with Crippen molar-refractivity contribution in [3.8, 4) is 5.69 Å². The first-order chi connectivity index (χ1) is 11.1. The summed E-state index contributed by atoms with van der Waals surface area (Å²) >= 11 is 0. The number of likely N-dealkylation sites (N-methyl/N-ethyl adjacent to an activating group) is 1. The molecule has 1 aliphatic rings. The van der Waals surface area contributed by atoms with Crippen molar-refractivity contribution in [2.45, 2.75) is 13.0 Å². The maximum atomic E-state index is 12.4. The van der Waals surface area contributed by atoms with E-state index in [4.69, 9.17) is 0 Å². The Bertz CT molecular complexity index is 692. The van der Waals surface area contributed by atoms with Crippen LogP contribution in [0.3, 0.4) is 0 Å². The normalized spacial score (nSPS) is 19.4. The van der Waals surface area contributed by atoms with E-state index in [2.05, 4.69) is 24.0 Å². The summed E-state index contributed by atoms with van der Waals surface area (Å²) in [7, 11) is 2.09. The van der Waals surface area contributed by atoms with Crippen molar-refractivity contribution in [2.24, 2.45) is 0 Å². The van der Waals surface area contributed by atoms with Gasteiger partial charge in [0.15, 0.2) is 0 Å². The third-order valence-electron chi connectivity index (χ3n) is 4.16. The van der Waals surface area contributed by atoms with Gasteiger partial charge in [-0.2, -0.15) is 5.10 Å². The van der Waals surface area contributed by atoms with Gasteiger partial charge in [-0.15, -0.1) is 0 Å². The minimum Gasteiger partial charge on any atom is -0.334 e. The Balaban J connectivity index is 1.66. The van der Waals surface area contributed by atoms with E-state index in [-0.39, 0.29) is 11.9 Å². The van der Waals surface area contributed by atoms with E-state index in [0.29, 0.717) is 0 Å². The molecule has 5 heteroatoms. The minimum absolute atomic E-state index is 0.0676. The van der Waals surface area contributed by atoms with Crippen molar-refractivity contribution >= 4 is 12.0 Å². The maximum absolute atomic E-state index is 12.4. The van der Waals surface area contributed by atoms with Crippen LogP contribution in [-0.2, 0) is 4.79 Å². The molecule has 1 amide bonds. The number of benzene rings is 1. The molecule has 2 heterocycles. The van der Waals surface area contributed by atoms with Crippen molar-refractivity contribution < 1.29 is 4.79 Å². The topological polar surface area (TPSA) is 41.4 Å². The van der Waals surface area contributed by atoms with Gasteiger partial charge in [0.25, 0.3) is 0 Å². The molecule has 5 nitrogen and oxygen atoms in total. The molecule has 1 unspecified atom stereocenters. The van der Waals surface area contributed by atoms with Gasteiger partial charge in [0.1, 0.15) is 0 Å². The summed E-state index contributed by atoms with van der Waals surface area (Å²) in [5.74, 6) is 0.0676. The highest BCUT2D eigenvalue weighted by Gasteiger charge is 2.23. The van der Waals surface area contributed by atoms with Gasteiger partial charge in [0.05, 0.1) is 11.9 Å². The molecular weight excluding hydrogens is 288 g/mol. The Morgan fingerprint density at radius 1 is 1.26 bits per heavy atom. The third-order valence-corrected chi connectivity index (χ3v) is 4.16. The quantitative estimate of drug-likeness (QED) is 0.815. The van der Waals surface area contributed by atoms with Gasteiger partial charge in [0.2, 0.25) is 5.91 Å². The van der Waals surface area contributed by atoms with Crippen LogP contribution in [0.5, 0.6) is 0 Å². The van der Waals surface area contributed by atoms with Crippen LogP contribution >= 0.6 is 0 Å². The fraction of sp³-hybridized carbons (Fsp3) is 0.333. The number of rotatable bonds is 3. The molecule has 1 atom stereocenters. The van der Waals surface area contributed by atoms with E-state index in [0.717, 1.165) is 30.9 Å². The number of amides is 1. The Labute approximate surface area is 136 Å². The van der Waals surface area contributed by atoms with Crippen LogP contribution in [0.2, 0.25) is 0 Å². The second-order valence-corrected chi connectivity index (χ2v) is 6.03. The second kappa shape index (κ2) is 6.79. The molecule has 1 saturated heterocycles. The van der Waals surface area contributed by atoms with E-state index in [1.807, 2.05) is 52.2 Å². The van der Waals surface area contributed by atoms with E-state index in [1.165, 1.54) is 0 Å². The summed E-state index contributed by atoms with van der Waals surface area (Å²) in [5.41, 5.74) is 1.93. The summed E-state index contributed by atoms with van der Waals surface area (Å²) < 4.78 is 1.81. The zero-order valence-electron chi connectivity index (χ0n) is 13.6. The molecule has 1 aromatic carbocycles. The van der Waals surface area contributed by atoms with E-state index >= 15 is 0 Å². The molecule has 0 N–H and O–H groups in total. The Morgan fingerprint density at radius 3 is 2.78 bits per heavy atom. The zero-order chi connectivity index (χ0) is 16.2. The number of carbonyl (C=O) groups is 1. The van der Waals surface area contributed by atoms with Crippen LogP contribution in [0.4, 0.5) is 0 Å². The first-order valence-electron chi connectivity index (χ1n) is 7.91. The number of hydrogen-bond donors (Lipinski definition) is 0. The molecule has 0 bridgehead atoms. The number of para-hydroxylation sites is 1. The fourth-order valence-corrected chi connectivity index (χ4v) is 2.88. The standard InChI is InChI=1S/C18H22N4O/c1-15-13-20(2)10-11-21(15)18(23)9-8-16-12-19-22(14-16)17-6-4-3-5-7-17/h3-9,12,14-15H,10-11,13H2,1-2H3. The number of carbonyl (C=O) groups excluding carboxylic acids is 1. The highest BCUT2D eigenvalue weighted by atomic mass is 16.2. The largest absolute Gasteiger partial charge is 0.334 e. The van der Waals surface area contributed by atoms with Crippen molar-refractivity contribution in [3.05, 3.63) is 54.4 Å². The lowest BCUT2D eigenvalue weighted by Gasteiger charge is -2.37. The molecule has 0 aliphatic carbocycles. The maximum Gasteiger partial charge on any atom is 0.246 e. The van der Waals surface area contributed by atoms with Gasteiger partial charge in [-0.05, 0) is 32.2 Å². The van der Waals surface area contributed by atoms with Crippen molar-refractivity contribution in [2.75, 3.05) is 26.7 Å². The number of piperazine rings is 1. The van der Waals surface area contributed by atoms with Crippen molar-refractivity contribution in [3.63, 3.8) is 0 Å². The predicted molar refractivity (Wildman–Crippen MR) is 91.3 cm³/mol. The number of aromatic nitrogens is 2. The smallest absolute Gasteiger partial charge is 0.246 e. The van der Waals surface area contributed by atoms with Gasteiger partial charge in [0, 0.05) is 43.5 Å². The lowest BCUT2D eigenvalue weighted by Crippen LogP contribution is -2.52. The number of nitrogens with zero attached hydrogens (tertiary/aromatic N) is 4. The average Bonchev–Trinajstić information content (AvgIpc) is 3.02. The molecule has 0 saturated carbocycles. The van der Waals surface area contributed by atoms with Gasteiger partial charge >= 0.3 is 0 Å². The van der Waals surface area contributed by atoms with Crippen molar-refractivity contribution in [1.82, 2.24) is 19.6 Å². The SMILES string of the molecule is CC1CN(C)CCN1C(=O)C=Cc1cnn(-c2ccccc2)c1. The lowest BCUT2D eigenvalue weighted by atomic mass is 10.2. The molecule has 1 aromatic heterocycles. The fourth-order valence-electron chi connectivity index (χ4n) is 2.88. The summed E-state index contributed by atoms with van der Waals surface area (Å²) in [5, 5.41) is 4.34. The lowest BCUT2D eigenvalue weighted by molar-refractivity contribution is -0.130. The molecule has 1 aliphatic heterocycles. The van der Waals surface area contributed by atoms with Crippen LogP contribution in [0.15, 0.2) is 48.8 Å². The summed E-state index contributed by atoms with van der Waals surface area (Å²) in [6.45, 7) is 4.72. The van der Waals surface area contributed by atoms with Crippen LogP contribution in [0.1, 0.15) is 12.5 Å². The van der Waals surface area contributed by atoms with Gasteiger partial charge in [-0.3, -0.25) is 4.79 Å². The second-order valence-electron chi connectivity index (χ2n) is 6.03. The monoisotopic (exact) mass is 310 g/mol. The van der Waals surface area contributed by atoms with Crippen molar-refractivity contribution in [1.29, 1.82) is 0 Å². The van der Waals surface area contributed by atoms with Crippen LogP contribution in [0, 0.1) is 0 Å². The van der Waals surface area contributed by atoms with E-state index in [1.54, 1.807) is 12.3 Å². The molecule has 0 radical (unpaired) electrons. The first-order valence-corrected chi connectivity index (χ1v) is 7.91. The summed E-state index contributed by atoms with van der Waals surface area (Å²) in [6, 6.07) is 10.2. The average molecular weight is 310 g/mol. The summed E-state index contributed by atoms with van der Waals surface area (Å²) in [4.78, 5) is 16.5. The highest BCUT2D eigenvalue weighted by Crippen LogP contribution is 2.11. The molecule has 1 fully saturated rings. The molecule has 3 rings (SSSR count). The Morgan fingerprint density at radius 2 is 2.04 bits per heavy atom. The first kappa shape index (κ1) is 15.5. The summed E-state index contributed by atoms with van der Waals surface area (Å²) in [6.07, 6.45) is 7.17. The number of hydrogen-bond acceptors (Lipinski definition) is 3. The van der Waals surface area contributed by atoms with Gasteiger partial charge in [-0.1, -0.05) is 18.2 Å². The van der Waals surface area contributed by atoms with Crippen LogP contribution in [0.25, 0.3) is 11.8 Å². The van der Waals surface area contributed by atoms with Gasteiger partial charge < -0.3 is 9.80 Å². The van der Waals surface area contributed by atoms with E-state index < -0.39 is 0 Å². The predicted octanol–water partition coefficient (Wildman–Crippen LogP) is 2.05. The molecular formula is C18H22N4O. The molecule has 2 aromatic rings. The third kappa shape index (κ3) is 3.68. The Kier molecular flexibility index (Phi) is 4.57. The van der Waals surface area contributed by atoms with Gasteiger partial charge in [-0.25, -0.2) is 4.68 Å². The highest BCUT2D eigenvalue weighted by molar-refractivity contribution is 5.92. The molecule has 0 spiro atoms. The van der Waals surface area contributed by atoms with Crippen LogP contribution in [-0.4, -0.2) is 58.2 Å². The van der Waals surface area contributed by atoms with Crippen LogP contribution < -0.4 is 0 Å².